The fourth-order valence-corrected chi connectivity index (χ4v) is 4.39. The summed E-state index contributed by atoms with van der Waals surface area (Å²) >= 11 is 0. The fraction of sp³-hybridized carbons (Fsp3) is 0.391. The topological polar surface area (TPSA) is 125 Å². The molecule has 9 heteroatoms. The number of carbonyl (C=O) groups excluding carboxylic acids is 1. The standard InChI is InChI=1S/C23H25N5O4/c1-28-10-8-23(31,21(28)30)20-13-19(27-32-20)15-4-2-3-14(11-15)18-7-9-24-22(26-18)25-16-5-6-17(29)12-16/h2-4,7,9,11,13,16-17,29,31H,5-6,8,10,12H2,1H3,(H,24,25,26)/t16-,17+,23?/m0/s1. The highest BCUT2D eigenvalue weighted by molar-refractivity contribution is 5.87. The van der Waals surface area contributed by atoms with Gasteiger partial charge in [0.25, 0.3) is 5.91 Å². The maximum absolute atomic E-state index is 12.3. The summed E-state index contributed by atoms with van der Waals surface area (Å²) in [5.41, 5.74) is 1.27. The van der Waals surface area contributed by atoms with Crippen LogP contribution in [0.2, 0.25) is 0 Å². The second-order valence-corrected chi connectivity index (χ2v) is 8.57. The van der Waals surface area contributed by atoms with Gasteiger partial charge in [0.1, 0.15) is 5.69 Å². The van der Waals surface area contributed by atoms with Crippen LogP contribution in [0.25, 0.3) is 22.5 Å². The van der Waals surface area contributed by atoms with Crippen LogP contribution in [-0.4, -0.2) is 61.9 Å². The van der Waals surface area contributed by atoms with Crippen LogP contribution in [-0.2, 0) is 10.4 Å². The van der Waals surface area contributed by atoms with E-state index in [-0.39, 0.29) is 30.2 Å². The number of likely N-dealkylation sites (tertiary alicyclic amines) is 1. The van der Waals surface area contributed by atoms with Crippen molar-refractivity contribution >= 4 is 11.9 Å². The third-order valence-corrected chi connectivity index (χ3v) is 6.28. The summed E-state index contributed by atoms with van der Waals surface area (Å²) in [5, 5.41) is 27.9. The van der Waals surface area contributed by atoms with E-state index >= 15 is 0 Å². The summed E-state index contributed by atoms with van der Waals surface area (Å²) in [6.07, 6.45) is 4.08. The molecule has 32 heavy (non-hydrogen) atoms. The number of hydrogen-bond acceptors (Lipinski definition) is 8. The molecule has 1 amide bonds. The predicted octanol–water partition coefficient (Wildman–Crippen LogP) is 2.17. The molecular weight excluding hydrogens is 410 g/mol. The Balaban J connectivity index is 1.38. The molecule has 1 unspecified atom stereocenters. The molecule has 1 saturated carbocycles. The lowest BCUT2D eigenvalue weighted by Gasteiger charge is -2.16. The number of aromatic nitrogens is 3. The van der Waals surface area contributed by atoms with Gasteiger partial charge in [0.05, 0.1) is 11.8 Å². The number of likely N-dealkylation sites (N-methyl/N-ethyl adjacent to an activating group) is 1. The van der Waals surface area contributed by atoms with Crippen molar-refractivity contribution in [2.45, 2.75) is 43.4 Å². The van der Waals surface area contributed by atoms with E-state index < -0.39 is 5.60 Å². The van der Waals surface area contributed by atoms with E-state index in [0.29, 0.717) is 24.6 Å². The Morgan fingerprint density at radius 1 is 1.19 bits per heavy atom. The first-order chi connectivity index (χ1) is 15.4. The molecule has 166 valence electrons. The van der Waals surface area contributed by atoms with E-state index in [4.69, 9.17) is 4.52 Å². The number of anilines is 1. The number of carbonyl (C=O) groups is 1. The number of amides is 1. The van der Waals surface area contributed by atoms with Gasteiger partial charge in [-0.15, -0.1) is 0 Å². The molecule has 3 aromatic rings. The molecule has 1 saturated heterocycles. The van der Waals surface area contributed by atoms with Crippen LogP contribution in [0.3, 0.4) is 0 Å². The maximum Gasteiger partial charge on any atom is 0.262 e. The zero-order chi connectivity index (χ0) is 22.3. The summed E-state index contributed by atoms with van der Waals surface area (Å²) in [6.45, 7) is 0.463. The number of aliphatic hydroxyl groups is 2. The lowest BCUT2D eigenvalue weighted by Crippen LogP contribution is -2.35. The third kappa shape index (κ3) is 3.74. The van der Waals surface area contributed by atoms with Crippen molar-refractivity contribution in [3.8, 4) is 22.5 Å². The molecule has 5 rings (SSSR count). The Labute approximate surface area is 185 Å². The highest BCUT2D eigenvalue weighted by Crippen LogP contribution is 2.35. The van der Waals surface area contributed by atoms with Gasteiger partial charge in [-0.3, -0.25) is 4.79 Å². The fourth-order valence-electron chi connectivity index (χ4n) is 4.39. The zero-order valence-corrected chi connectivity index (χ0v) is 17.7. The zero-order valence-electron chi connectivity index (χ0n) is 17.7. The smallest absolute Gasteiger partial charge is 0.262 e. The first-order valence-corrected chi connectivity index (χ1v) is 10.8. The Morgan fingerprint density at radius 3 is 2.72 bits per heavy atom. The third-order valence-electron chi connectivity index (χ3n) is 6.28. The second-order valence-electron chi connectivity index (χ2n) is 8.57. The van der Waals surface area contributed by atoms with Crippen molar-refractivity contribution in [1.29, 1.82) is 0 Å². The summed E-state index contributed by atoms with van der Waals surface area (Å²) in [4.78, 5) is 22.8. The number of benzene rings is 1. The summed E-state index contributed by atoms with van der Waals surface area (Å²) < 4.78 is 5.37. The van der Waals surface area contributed by atoms with Crippen LogP contribution >= 0.6 is 0 Å². The lowest BCUT2D eigenvalue weighted by molar-refractivity contribution is -0.144. The van der Waals surface area contributed by atoms with E-state index in [1.54, 1.807) is 19.3 Å². The second kappa shape index (κ2) is 7.99. The SMILES string of the molecule is CN1CCC(O)(c2cc(-c3cccc(-c4ccnc(N[C@H]5CC[C@@H](O)C5)n4)c3)no2)C1=O. The van der Waals surface area contributed by atoms with Gasteiger partial charge in [-0.2, -0.15) is 0 Å². The van der Waals surface area contributed by atoms with Crippen LogP contribution in [0.15, 0.2) is 47.1 Å². The molecule has 2 aromatic heterocycles. The molecule has 9 nitrogen and oxygen atoms in total. The van der Waals surface area contributed by atoms with E-state index in [9.17, 15) is 15.0 Å². The van der Waals surface area contributed by atoms with Gasteiger partial charge in [-0.25, -0.2) is 9.97 Å². The molecule has 1 aromatic carbocycles. The monoisotopic (exact) mass is 435 g/mol. The van der Waals surface area contributed by atoms with Gasteiger partial charge in [0.15, 0.2) is 5.76 Å². The average Bonchev–Trinajstić information content (AvgIpc) is 3.52. The maximum atomic E-state index is 12.3. The molecule has 1 aliphatic carbocycles. The van der Waals surface area contributed by atoms with Crippen molar-refractivity contribution in [3.63, 3.8) is 0 Å². The molecule has 1 aliphatic heterocycles. The van der Waals surface area contributed by atoms with Gasteiger partial charge in [0, 0.05) is 49.4 Å². The molecule has 0 spiro atoms. The minimum Gasteiger partial charge on any atom is -0.393 e. The molecule has 2 aliphatic rings. The number of nitrogens with zero attached hydrogens (tertiary/aromatic N) is 4. The molecule has 0 radical (unpaired) electrons. The number of nitrogens with one attached hydrogen (secondary N) is 1. The molecule has 3 N–H and O–H groups in total. The van der Waals surface area contributed by atoms with Gasteiger partial charge < -0.3 is 25.0 Å². The normalized spacial score (nSPS) is 25.5. The van der Waals surface area contributed by atoms with Crippen molar-refractivity contribution < 1.29 is 19.5 Å². The molecular formula is C23H25N5O4. The van der Waals surface area contributed by atoms with Gasteiger partial charge in [-0.1, -0.05) is 23.4 Å². The van der Waals surface area contributed by atoms with Crippen LogP contribution < -0.4 is 5.32 Å². The van der Waals surface area contributed by atoms with Crippen LogP contribution in [0.1, 0.15) is 31.4 Å². The van der Waals surface area contributed by atoms with E-state index in [2.05, 4.69) is 20.4 Å². The van der Waals surface area contributed by atoms with E-state index in [1.165, 1.54) is 4.90 Å². The van der Waals surface area contributed by atoms with Crippen molar-refractivity contribution in [2.24, 2.45) is 0 Å². The van der Waals surface area contributed by atoms with E-state index in [0.717, 1.165) is 29.7 Å². The number of hydrogen-bond donors (Lipinski definition) is 3. The van der Waals surface area contributed by atoms with Gasteiger partial charge in [0.2, 0.25) is 11.5 Å². The lowest BCUT2D eigenvalue weighted by atomic mass is 9.98. The highest BCUT2D eigenvalue weighted by atomic mass is 16.5. The minimum atomic E-state index is -1.67. The molecule has 2 fully saturated rings. The summed E-state index contributed by atoms with van der Waals surface area (Å²) in [7, 11) is 1.65. The minimum absolute atomic E-state index is 0.152. The predicted molar refractivity (Wildman–Crippen MR) is 116 cm³/mol. The van der Waals surface area contributed by atoms with Gasteiger partial charge in [-0.05, 0) is 31.4 Å². The Morgan fingerprint density at radius 2 is 2.00 bits per heavy atom. The molecule has 3 atom stereocenters. The summed E-state index contributed by atoms with van der Waals surface area (Å²) in [5.74, 6) is 0.297. The first kappa shape index (κ1) is 20.6. The number of rotatable bonds is 5. The Kier molecular flexibility index (Phi) is 5.15. The van der Waals surface area contributed by atoms with Crippen molar-refractivity contribution in [1.82, 2.24) is 20.0 Å². The molecule has 3 heterocycles. The number of aliphatic hydroxyl groups excluding tert-OH is 1. The largest absolute Gasteiger partial charge is 0.393 e. The highest BCUT2D eigenvalue weighted by Gasteiger charge is 2.48. The van der Waals surface area contributed by atoms with Crippen molar-refractivity contribution in [3.05, 3.63) is 48.4 Å². The first-order valence-electron chi connectivity index (χ1n) is 10.8. The van der Waals surface area contributed by atoms with Crippen LogP contribution in [0.4, 0.5) is 5.95 Å². The van der Waals surface area contributed by atoms with Crippen molar-refractivity contribution in [2.75, 3.05) is 18.9 Å². The Bertz CT molecular complexity index is 1150. The average molecular weight is 435 g/mol. The van der Waals surface area contributed by atoms with Gasteiger partial charge >= 0.3 is 0 Å². The van der Waals surface area contributed by atoms with E-state index in [1.807, 2.05) is 30.3 Å². The van der Waals surface area contributed by atoms with Crippen LogP contribution in [0.5, 0.6) is 0 Å². The molecule has 0 bridgehead atoms. The quantitative estimate of drug-likeness (QED) is 0.557. The van der Waals surface area contributed by atoms with Crippen LogP contribution in [0, 0.1) is 0 Å². The Hall–Kier alpha value is -3.30. The summed E-state index contributed by atoms with van der Waals surface area (Å²) in [6, 6.07) is 11.3.